The summed E-state index contributed by atoms with van der Waals surface area (Å²) < 4.78 is 0. The molecule has 0 amide bonds. The third-order valence-electron chi connectivity index (χ3n) is 2.56. The molecule has 0 unspecified atom stereocenters. The summed E-state index contributed by atoms with van der Waals surface area (Å²) in [6.07, 6.45) is 0. The Labute approximate surface area is 115 Å². The summed E-state index contributed by atoms with van der Waals surface area (Å²) in [4.78, 5) is 24.8. The van der Waals surface area contributed by atoms with Gasteiger partial charge in [0.2, 0.25) is 11.9 Å². The maximum atomic E-state index is 10.8. The van der Waals surface area contributed by atoms with E-state index >= 15 is 0 Å². The predicted molar refractivity (Wildman–Crippen MR) is 75.8 cm³/mol. The minimum Gasteiger partial charge on any atom is -0.357 e. The zero-order valence-electron chi connectivity index (χ0n) is 11.4. The van der Waals surface area contributed by atoms with E-state index in [0.29, 0.717) is 23.3 Å². The molecule has 1 N–H and O–H groups in total. The van der Waals surface area contributed by atoms with Crippen LogP contribution >= 0.6 is 0 Å². The first-order valence-corrected chi connectivity index (χ1v) is 5.87. The standard InChI is InChI=1S/C12H14N6O2/c1-13-11-14-10(15-12(16-11)17(2)3)8-5-4-6-9(7-8)18(19)20/h4-7H,1-3H3,(H,13,14,15,16). The third-order valence-corrected chi connectivity index (χ3v) is 2.56. The number of nitrogens with one attached hydrogen (secondary N) is 1. The molecule has 0 aliphatic rings. The molecule has 0 saturated heterocycles. The Kier molecular flexibility index (Phi) is 3.74. The Bertz CT molecular complexity index is 644. The van der Waals surface area contributed by atoms with Crippen molar-refractivity contribution < 1.29 is 4.92 Å². The quantitative estimate of drug-likeness (QED) is 0.667. The second-order valence-corrected chi connectivity index (χ2v) is 4.23. The van der Waals surface area contributed by atoms with E-state index in [1.165, 1.54) is 12.1 Å². The molecule has 0 atom stereocenters. The van der Waals surface area contributed by atoms with Crippen LogP contribution in [0, 0.1) is 10.1 Å². The van der Waals surface area contributed by atoms with Crippen LogP contribution in [0.4, 0.5) is 17.6 Å². The Morgan fingerprint density at radius 3 is 2.60 bits per heavy atom. The number of aromatic nitrogens is 3. The zero-order chi connectivity index (χ0) is 14.7. The molecule has 8 nitrogen and oxygen atoms in total. The van der Waals surface area contributed by atoms with Crippen LogP contribution in [0.2, 0.25) is 0 Å². The van der Waals surface area contributed by atoms with Crippen molar-refractivity contribution in [2.75, 3.05) is 31.4 Å². The molecule has 0 bridgehead atoms. The number of hydrogen-bond acceptors (Lipinski definition) is 7. The summed E-state index contributed by atoms with van der Waals surface area (Å²) in [5.41, 5.74) is 0.571. The molecular weight excluding hydrogens is 260 g/mol. The molecule has 2 rings (SSSR count). The lowest BCUT2D eigenvalue weighted by atomic mass is 10.2. The van der Waals surface area contributed by atoms with Gasteiger partial charge < -0.3 is 10.2 Å². The molecule has 0 aliphatic carbocycles. The van der Waals surface area contributed by atoms with Crippen molar-refractivity contribution in [3.8, 4) is 11.4 Å². The Hall–Kier alpha value is -2.77. The maximum Gasteiger partial charge on any atom is 0.270 e. The van der Waals surface area contributed by atoms with Gasteiger partial charge in [-0.2, -0.15) is 15.0 Å². The van der Waals surface area contributed by atoms with Gasteiger partial charge in [0, 0.05) is 38.8 Å². The van der Waals surface area contributed by atoms with Crippen LogP contribution in [0.3, 0.4) is 0 Å². The van der Waals surface area contributed by atoms with Gasteiger partial charge in [0.1, 0.15) is 0 Å². The normalized spacial score (nSPS) is 10.2. The Morgan fingerprint density at radius 2 is 2.00 bits per heavy atom. The molecule has 8 heteroatoms. The smallest absolute Gasteiger partial charge is 0.270 e. The summed E-state index contributed by atoms with van der Waals surface area (Å²) in [5, 5.41) is 13.7. The number of nitro groups is 1. The molecule has 2 aromatic rings. The first-order chi connectivity index (χ1) is 9.51. The number of rotatable bonds is 4. The van der Waals surface area contributed by atoms with Crippen LogP contribution in [-0.4, -0.2) is 41.0 Å². The minimum absolute atomic E-state index is 0.000299. The first kappa shape index (κ1) is 13.7. The van der Waals surface area contributed by atoms with Crippen molar-refractivity contribution in [2.45, 2.75) is 0 Å². The Balaban J connectivity index is 2.53. The lowest BCUT2D eigenvalue weighted by Crippen LogP contribution is -2.15. The molecule has 0 aliphatic heterocycles. The van der Waals surface area contributed by atoms with Crippen LogP contribution in [0.25, 0.3) is 11.4 Å². The second-order valence-electron chi connectivity index (χ2n) is 4.23. The number of benzene rings is 1. The molecule has 1 aromatic carbocycles. The fraction of sp³-hybridized carbons (Fsp3) is 0.250. The van der Waals surface area contributed by atoms with Gasteiger partial charge in [0.15, 0.2) is 5.82 Å². The average Bonchev–Trinajstić information content (AvgIpc) is 2.46. The van der Waals surface area contributed by atoms with Crippen LogP contribution in [0.1, 0.15) is 0 Å². The van der Waals surface area contributed by atoms with Gasteiger partial charge >= 0.3 is 0 Å². The summed E-state index contributed by atoms with van der Waals surface area (Å²) in [6.45, 7) is 0. The Morgan fingerprint density at radius 1 is 1.25 bits per heavy atom. The molecule has 0 fully saturated rings. The van der Waals surface area contributed by atoms with Crippen molar-refractivity contribution in [1.82, 2.24) is 15.0 Å². The molecular formula is C12H14N6O2. The van der Waals surface area contributed by atoms with Gasteiger partial charge in [-0.05, 0) is 0 Å². The van der Waals surface area contributed by atoms with Crippen LogP contribution in [-0.2, 0) is 0 Å². The summed E-state index contributed by atoms with van der Waals surface area (Å²) in [7, 11) is 5.32. The predicted octanol–water partition coefficient (Wildman–Crippen LogP) is 1.55. The number of nitrogens with zero attached hydrogens (tertiary/aromatic N) is 5. The summed E-state index contributed by atoms with van der Waals surface area (Å²) >= 11 is 0. The number of anilines is 2. The van der Waals surface area contributed by atoms with E-state index < -0.39 is 4.92 Å². The molecule has 1 heterocycles. The molecule has 0 radical (unpaired) electrons. The fourth-order valence-electron chi connectivity index (χ4n) is 1.56. The number of nitro benzene ring substituents is 1. The fourth-order valence-corrected chi connectivity index (χ4v) is 1.56. The monoisotopic (exact) mass is 274 g/mol. The highest BCUT2D eigenvalue weighted by atomic mass is 16.6. The number of non-ortho nitro benzene ring substituents is 1. The molecule has 20 heavy (non-hydrogen) atoms. The van der Waals surface area contributed by atoms with Crippen molar-refractivity contribution in [3.05, 3.63) is 34.4 Å². The van der Waals surface area contributed by atoms with E-state index in [1.54, 1.807) is 24.1 Å². The van der Waals surface area contributed by atoms with E-state index in [0.717, 1.165) is 0 Å². The summed E-state index contributed by atoms with van der Waals surface area (Å²) in [5.74, 6) is 1.27. The van der Waals surface area contributed by atoms with Crippen molar-refractivity contribution in [3.63, 3.8) is 0 Å². The molecule has 1 aromatic heterocycles. The highest BCUT2D eigenvalue weighted by Crippen LogP contribution is 2.22. The van der Waals surface area contributed by atoms with E-state index in [2.05, 4.69) is 20.3 Å². The minimum atomic E-state index is -0.448. The maximum absolute atomic E-state index is 10.8. The van der Waals surface area contributed by atoms with Crippen molar-refractivity contribution >= 4 is 17.6 Å². The van der Waals surface area contributed by atoms with Crippen LogP contribution < -0.4 is 10.2 Å². The topological polar surface area (TPSA) is 97.1 Å². The lowest BCUT2D eigenvalue weighted by Gasteiger charge is -2.12. The summed E-state index contributed by atoms with van der Waals surface area (Å²) in [6, 6.07) is 6.19. The van der Waals surface area contributed by atoms with E-state index in [9.17, 15) is 10.1 Å². The van der Waals surface area contributed by atoms with Crippen LogP contribution in [0.5, 0.6) is 0 Å². The number of hydrogen-bond donors (Lipinski definition) is 1. The van der Waals surface area contributed by atoms with Gasteiger partial charge in [0.05, 0.1) is 4.92 Å². The van der Waals surface area contributed by atoms with E-state index in [-0.39, 0.29) is 5.69 Å². The zero-order valence-corrected chi connectivity index (χ0v) is 11.4. The highest BCUT2D eigenvalue weighted by molar-refractivity contribution is 5.61. The van der Waals surface area contributed by atoms with E-state index in [1.807, 2.05) is 14.1 Å². The van der Waals surface area contributed by atoms with Gasteiger partial charge in [-0.15, -0.1) is 0 Å². The average molecular weight is 274 g/mol. The molecule has 104 valence electrons. The van der Waals surface area contributed by atoms with Crippen molar-refractivity contribution in [1.29, 1.82) is 0 Å². The molecule has 0 saturated carbocycles. The SMILES string of the molecule is CNc1nc(-c2cccc([N+](=O)[O-])c2)nc(N(C)C)n1. The van der Waals surface area contributed by atoms with Crippen LogP contribution in [0.15, 0.2) is 24.3 Å². The first-order valence-electron chi connectivity index (χ1n) is 5.87. The van der Waals surface area contributed by atoms with Gasteiger partial charge in [-0.25, -0.2) is 0 Å². The molecule has 0 spiro atoms. The van der Waals surface area contributed by atoms with Gasteiger partial charge in [0.25, 0.3) is 5.69 Å². The highest BCUT2D eigenvalue weighted by Gasteiger charge is 2.12. The largest absolute Gasteiger partial charge is 0.357 e. The van der Waals surface area contributed by atoms with E-state index in [4.69, 9.17) is 0 Å². The van der Waals surface area contributed by atoms with Crippen molar-refractivity contribution in [2.24, 2.45) is 0 Å². The van der Waals surface area contributed by atoms with Gasteiger partial charge in [-0.1, -0.05) is 12.1 Å². The second kappa shape index (κ2) is 5.47. The van der Waals surface area contributed by atoms with Gasteiger partial charge in [-0.3, -0.25) is 10.1 Å². The lowest BCUT2D eigenvalue weighted by molar-refractivity contribution is -0.384. The third kappa shape index (κ3) is 2.79.